The SMILES string of the molecule is COc1cc(/C=C(\C#N)C(N)=O)ccc1OC(=O)COc1ccc([N+](=O)[O-])c(C)c1. The molecule has 0 spiro atoms. The molecular formula is C20H17N3O7. The lowest BCUT2D eigenvalue weighted by atomic mass is 10.1. The number of carbonyl (C=O) groups is 2. The van der Waals surface area contributed by atoms with Gasteiger partial charge in [0.05, 0.1) is 12.0 Å². The van der Waals surface area contributed by atoms with E-state index >= 15 is 0 Å². The van der Waals surface area contributed by atoms with Crippen LogP contribution >= 0.6 is 0 Å². The molecule has 0 aliphatic carbocycles. The van der Waals surface area contributed by atoms with Crippen LogP contribution in [0.5, 0.6) is 17.2 Å². The van der Waals surface area contributed by atoms with E-state index < -0.39 is 23.4 Å². The highest BCUT2D eigenvalue weighted by atomic mass is 16.6. The van der Waals surface area contributed by atoms with Crippen LogP contribution in [0.2, 0.25) is 0 Å². The van der Waals surface area contributed by atoms with E-state index in [9.17, 15) is 19.7 Å². The van der Waals surface area contributed by atoms with Gasteiger partial charge in [-0.05, 0) is 42.8 Å². The fourth-order valence-electron chi connectivity index (χ4n) is 2.40. The molecule has 0 fully saturated rings. The summed E-state index contributed by atoms with van der Waals surface area (Å²) >= 11 is 0. The van der Waals surface area contributed by atoms with Gasteiger partial charge in [0.1, 0.15) is 17.4 Å². The number of nitrogens with zero attached hydrogens (tertiary/aromatic N) is 2. The van der Waals surface area contributed by atoms with Crippen molar-refractivity contribution >= 4 is 23.6 Å². The second kappa shape index (κ2) is 9.70. The van der Waals surface area contributed by atoms with Crippen molar-refractivity contribution in [3.63, 3.8) is 0 Å². The van der Waals surface area contributed by atoms with Crippen LogP contribution in [0.15, 0.2) is 42.0 Å². The smallest absolute Gasteiger partial charge is 0.349 e. The van der Waals surface area contributed by atoms with E-state index in [1.54, 1.807) is 13.0 Å². The lowest BCUT2D eigenvalue weighted by molar-refractivity contribution is -0.385. The normalized spacial score (nSPS) is 10.6. The maximum atomic E-state index is 12.1. The Bertz CT molecular complexity index is 1070. The monoisotopic (exact) mass is 411 g/mol. The highest BCUT2D eigenvalue weighted by Gasteiger charge is 2.14. The van der Waals surface area contributed by atoms with Crippen LogP contribution in [0.4, 0.5) is 5.69 Å². The van der Waals surface area contributed by atoms with Gasteiger partial charge >= 0.3 is 5.97 Å². The summed E-state index contributed by atoms with van der Waals surface area (Å²) in [4.78, 5) is 33.6. The Kier molecular flexibility index (Phi) is 7.08. The van der Waals surface area contributed by atoms with Crippen LogP contribution in [0.25, 0.3) is 6.08 Å². The molecule has 0 saturated heterocycles. The number of carbonyl (C=O) groups excluding carboxylic acids is 2. The fraction of sp³-hybridized carbons (Fsp3) is 0.150. The van der Waals surface area contributed by atoms with Gasteiger partial charge in [-0.3, -0.25) is 14.9 Å². The first-order valence-corrected chi connectivity index (χ1v) is 8.43. The van der Waals surface area contributed by atoms with Gasteiger partial charge in [-0.2, -0.15) is 5.26 Å². The minimum atomic E-state index is -0.870. The zero-order chi connectivity index (χ0) is 22.3. The van der Waals surface area contributed by atoms with Gasteiger partial charge in [0.15, 0.2) is 18.1 Å². The molecule has 0 radical (unpaired) electrons. The summed E-state index contributed by atoms with van der Waals surface area (Å²) in [5, 5.41) is 19.7. The molecule has 0 aliphatic rings. The Morgan fingerprint density at radius 3 is 2.53 bits per heavy atom. The van der Waals surface area contributed by atoms with Crippen molar-refractivity contribution in [1.82, 2.24) is 0 Å². The summed E-state index contributed by atoms with van der Waals surface area (Å²) < 4.78 is 15.7. The number of aryl methyl sites for hydroxylation is 1. The average molecular weight is 411 g/mol. The molecule has 0 unspecified atom stereocenters. The molecule has 2 aromatic carbocycles. The number of hydrogen-bond donors (Lipinski definition) is 1. The largest absolute Gasteiger partial charge is 0.493 e. The molecule has 2 N–H and O–H groups in total. The topological polar surface area (TPSA) is 155 Å². The van der Waals surface area contributed by atoms with Gasteiger partial charge in [0.25, 0.3) is 11.6 Å². The van der Waals surface area contributed by atoms with Crippen molar-refractivity contribution in [2.24, 2.45) is 5.73 Å². The van der Waals surface area contributed by atoms with Crippen LogP contribution in [0, 0.1) is 28.4 Å². The molecule has 1 amide bonds. The quantitative estimate of drug-likeness (QED) is 0.173. The van der Waals surface area contributed by atoms with Crippen LogP contribution in [0.1, 0.15) is 11.1 Å². The van der Waals surface area contributed by atoms with Crippen LogP contribution in [-0.4, -0.2) is 30.5 Å². The molecule has 30 heavy (non-hydrogen) atoms. The molecule has 10 heteroatoms. The van der Waals surface area contributed by atoms with Gasteiger partial charge in [-0.1, -0.05) is 6.07 Å². The zero-order valence-electron chi connectivity index (χ0n) is 16.1. The molecular weight excluding hydrogens is 394 g/mol. The number of methoxy groups -OCH3 is 1. The van der Waals surface area contributed by atoms with Gasteiger partial charge < -0.3 is 19.9 Å². The number of ether oxygens (including phenoxy) is 3. The molecule has 0 saturated carbocycles. The van der Waals surface area contributed by atoms with E-state index in [1.165, 1.54) is 49.6 Å². The number of primary amides is 1. The number of nitro groups is 1. The molecule has 2 rings (SSSR count). The lowest BCUT2D eigenvalue weighted by Crippen LogP contribution is -2.18. The zero-order valence-corrected chi connectivity index (χ0v) is 16.1. The molecule has 0 aliphatic heterocycles. The predicted molar refractivity (Wildman–Crippen MR) is 105 cm³/mol. The van der Waals surface area contributed by atoms with Crippen molar-refractivity contribution < 1.29 is 28.7 Å². The number of rotatable bonds is 8. The number of nitro benzene ring substituents is 1. The number of hydrogen-bond acceptors (Lipinski definition) is 8. The molecule has 0 bridgehead atoms. The third-order valence-electron chi connectivity index (χ3n) is 3.83. The van der Waals surface area contributed by atoms with E-state index in [-0.39, 0.29) is 28.5 Å². The first kappa shape index (κ1) is 21.9. The molecule has 10 nitrogen and oxygen atoms in total. The number of amides is 1. The van der Waals surface area contributed by atoms with Crippen molar-refractivity contribution in [1.29, 1.82) is 5.26 Å². The van der Waals surface area contributed by atoms with E-state index in [0.717, 1.165) is 0 Å². The summed E-state index contributed by atoms with van der Waals surface area (Å²) in [5.74, 6) is -1.04. The van der Waals surface area contributed by atoms with Crippen molar-refractivity contribution in [2.75, 3.05) is 13.7 Å². The van der Waals surface area contributed by atoms with E-state index in [2.05, 4.69) is 0 Å². The third-order valence-corrected chi connectivity index (χ3v) is 3.83. The van der Waals surface area contributed by atoms with Gasteiger partial charge in [-0.15, -0.1) is 0 Å². The first-order valence-electron chi connectivity index (χ1n) is 8.43. The third kappa shape index (κ3) is 5.56. The fourth-order valence-corrected chi connectivity index (χ4v) is 2.40. The summed E-state index contributed by atoms with van der Waals surface area (Å²) in [6.07, 6.45) is 1.27. The van der Waals surface area contributed by atoms with Crippen LogP contribution in [0.3, 0.4) is 0 Å². The summed E-state index contributed by atoms with van der Waals surface area (Å²) in [5.41, 5.74) is 5.64. The first-order chi connectivity index (χ1) is 14.2. The Morgan fingerprint density at radius 2 is 1.97 bits per heavy atom. The number of nitriles is 1. The highest BCUT2D eigenvalue weighted by molar-refractivity contribution is 6.00. The molecule has 0 aromatic heterocycles. The summed E-state index contributed by atoms with van der Waals surface area (Å²) in [7, 11) is 1.36. The van der Waals surface area contributed by atoms with Crippen molar-refractivity contribution in [2.45, 2.75) is 6.92 Å². The second-order valence-corrected chi connectivity index (χ2v) is 5.91. The number of benzene rings is 2. The maximum Gasteiger partial charge on any atom is 0.349 e. The van der Waals surface area contributed by atoms with Gasteiger partial charge in [0.2, 0.25) is 0 Å². The number of esters is 1. The summed E-state index contributed by atoms with van der Waals surface area (Å²) in [6, 6.07) is 10.2. The van der Waals surface area contributed by atoms with Crippen molar-refractivity contribution in [3.05, 3.63) is 63.2 Å². The standard InChI is InChI=1S/C20H17N3O7/c1-12-7-15(4-5-16(12)23(26)27)29-11-19(24)30-17-6-3-13(9-18(17)28-2)8-14(10-21)20(22)25/h3-9H,11H2,1-2H3,(H2,22,25)/b14-8+. The Labute approximate surface area is 171 Å². The van der Waals surface area contributed by atoms with Crippen LogP contribution < -0.4 is 19.9 Å². The van der Waals surface area contributed by atoms with Crippen molar-refractivity contribution in [3.8, 4) is 23.3 Å². The van der Waals surface area contributed by atoms with Crippen LogP contribution in [-0.2, 0) is 9.59 Å². The molecule has 154 valence electrons. The maximum absolute atomic E-state index is 12.1. The van der Waals surface area contributed by atoms with E-state index in [1.807, 2.05) is 0 Å². The number of nitrogens with two attached hydrogens (primary N) is 1. The lowest BCUT2D eigenvalue weighted by Gasteiger charge is -2.11. The Hall–Kier alpha value is -4.39. The molecule has 0 atom stereocenters. The van der Waals surface area contributed by atoms with Gasteiger partial charge in [-0.25, -0.2) is 4.79 Å². The highest BCUT2D eigenvalue weighted by Crippen LogP contribution is 2.29. The van der Waals surface area contributed by atoms with Gasteiger partial charge in [0, 0.05) is 11.6 Å². The van der Waals surface area contributed by atoms with E-state index in [4.69, 9.17) is 25.2 Å². The average Bonchev–Trinajstić information content (AvgIpc) is 2.70. The second-order valence-electron chi connectivity index (χ2n) is 5.91. The predicted octanol–water partition coefficient (Wildman–Crippen LogP) is 2.29. The molecule has 0 heterocycles. The van der Waals surface area contributed by atoms with E-state index in [0.29, 0.717) is 11.1 Å². The minimum absolute atomic E-state index is 0.0558. The minimum Gasteiger partial charge on any atom is -0.493 e. The Balaban J connectivity index is 2.08. The Morgan fingerprint density at radius 1 is 1.23 bits per heavy atom. The molecule has 2 aromatic rings. The summed E-state index contributed by atoms with van der Waals surface area (Å²) in [6.45, 7) is 1.11.